The van der Waals surface area contributed by atoms with Gasteiger partial charge in [-0.3, -0.25) is 9.59 Å². The molecule has 0 aliphatic rings. The van der Waals surface area contributed by atoms with Gasteiger partial charge in [0.05, 0.1) is 0 Å². The van der Waals surface area contributed by atoms with Gasteiger partial charge in [-0.05, 0) is 63.4 Å². The van der Waals surface area contributed by atoms with Crippen molar-refractivity contribution in [2.75, 3.05) is 0 Å². The van der Waals surface area contributed by atoms with Gasteiger partial charge in [-0.2, -0.15) is 0 Å². The first-order valence-corrected chi connectivity index (χ1v) is 13.4. The Morgan fingerprint density at radius 2 is 1.40 bits per heavy atom. The van der Waals surface area contributed by atoms with Crippen molar-refractivity contribution in [2.45, 2.75) is 71.3 Å². The number of hydrogen-bond acceptors (Lipinski definition) is 5. The van der Waals surface area contributed by atoms with E-state index in [-0.39, 0.29) is 24.6 Å². The summed E-state index contributed by atoms with van der Waals surface area (Å²) in [5.41, 5.74) is 1.53. The predicted molar refractivity (Wildman–Crippen MR) is 154 cm³/mol. The Bertz CT molecular complexity index is 1260. The SMILES string of the molecule is CC(C)N(C(=O)C(Cc1ccccc1)NC(=O)OC(C)(C)C)C(C(=O)NCc1ccccc1)c1ccc(O)cc1. The van der Waals surface area contributed by atoms with Crippen molar-refractivity contribution in [3.63, 3.8) is 0 Å². The molecule has 0 fully saturated rings. The zero-order chi connectivity index (χ0) is 29.3. The Hall–Kier alpha value is -4.33. The lowest BCUT2D eigenvalue weighted by Gasteiger charge is -2.37. The molecule has 0 aliphatic carbocycles. The van der Waals surface area contributed by atoms with E-state index in [9.17, 15) is 19.5 Å². The molecule has 2 atom stereocenters. The number of nitrogens with one attached hydrogen (secondary N) is 2. The van der Waals surface area contributed by atoms with Crippen LogP contribution < -0.4 is 10.6 Å². The number of amides is 3. The lowest BCUT2D eigenvalue weighted by molar-refractivity contribution is -0.144. The maximum absolute atomic E-state index is 14.3. The number of hydrogen-bond donors (Lipinski definition) is 3. The molecule has 3 rings (SSSR count). The van der Waals surface area contributed by atoms with Gasteiger partial charge in [-0.25, -0.2) is 4.79 Å². The highest BCUT2D eigenvalue weighted by atomic mass is 16.6. The largest absolute Gasteiger partial charge is 0.508 e. The molecule has 3 aromatic rings. The Labute approximate surface area is 236 Å². The van der Waals surface area contributed by atoms with E-state index in [1.54, 1.807) is 32.9 Å². The Kier molecular flexibility index (Phi) is 10.3. The summed E-state index contributed by atoms with van der Waals surface area (Å²) in [5.74, 6) is -0.770. The lowest BCUT2D eigenvalue weighted by Crippen LogP contribution is -2.55. The second kappa shape index (κ2) is 13.6. The molecular weight excluding hydrogens is 506 g/mol. The van der Waals surface area contributed by atoms with Gasteiger partial charge >= 0.3 is 6.09 Å². The van der Waals surface area contributed by atoms with Gasteiger partial charge in [0.1, 0.15) is 23.4 Å². The van der Waals surface area contributed by atoms with Crippen LogP contribution in [0.25, 0.3) is 0 Å². The molecule has 0 bridgehead atoms. The number of nitrogens with zero attached hydrogens (tertiary/aromatic N) is 1. The van der Waals surface area contributed by atoms with Gasteiger partial charge in [0, 0.05) is 19.0 Å². The number of phenols is 1. The highest BCUT2D eigenvalue weighted by molar-refractivity contribution is 5.92. The molecule has 0 aliphatic heterocycles. The number of carbonyl (C=O) groups is 3. The van der Waals surface area contributed by atoms with Crippen LogP contribution in [0, 0.1) is 0 Å². The van der Waals surface area contributed by atoms with Crippen LogP contribution in [0.5, 0.6) is 5.75 Å². The van der Waals surface area contributed by atoms with E-state index >= 15 is 0 Å². The van der Waals surface area contributed by atoms with Gasteiger partial charge in [0.2, 0.25) is 11.8 Å². The van der Waals surface area contributed by atoms with Crippen LogP contribution in [0.15, 0.2) is 84.9 Å². The normalized spacial score (nSPS) is 12.8. The molecule has 40 heavy (non-hydrogen) atoms. The highest BCUT2D eigenvalue weighted by Gasteiger charge is 2.37. The molecule has 8 nitrogen and oxygen atoms in total. The molecule has 0 heterocycles. The van der Waals surface area contributed by atoms with E-state index in [1.807, 2.05) is 74.5 Å². The minimum Gasteiger partial charge on any atom is -0.508 e. The maximum Gasteiger partial charge on any atom is 0.408 e. The number of rotatable bonds is 10. The quantitative estimate of drug-likeness (QED) is 0.328. The average molecular weight is 546 g/mol. The average Bonchev–Trinajstić information content (AvgIpc) is 2.90. The number of benzene rings is 3. The first-order chi connectivity index (χ1) is 18.9. The van der Waals surface area contributed by atoms with Crippen molar-refractivity contribution in [3.8, 4) is 5.75 Å². The summed E-state index contributed by atoms with van der Waals surface area (Å²) in [5, 5.41) is 15.6. The molecule has 3 aromatic carbocycles. The van der Waals surface area contributed by atoms with Crippen molar-refractivity contribution in [2.24, 2.45) is 0 Å². The van der Waals surface area contributed by atoms with Gasteiger partial charge in [-0.15, -0.1) is 0 Å². The third-order valence-electron chi connectivity index (χ3n) is 6.13. The van der Waals surface area contributed by atoms with Gasteiger partial charge in [-0.1, -0.05) is 72.8 Å². The fraction of sp³-hybridized carbons (Fsp3) is 0.344. The minimum absolute atomic E-state index is 0.0446. The van der Waals surface area contributed by atoms with Crippen LogP contribution in [0.1, 0.15) is 57.4 Å². The van der Waals surface area contributed by atoms with E-state index in [2.05, 4.69) is 10.6 Å². The minimum atomic E-state index is -1.02. The zero-order valence-corrected chi connectivity index (χ0v) is 23.8. The number of alkyl carbamates (subject to hydrolysis) is 1. The molecule has 0 radical (unpaired) electrons. The first kappa shape index (κ1) is 30.2. The van der Waals surface area contributed by atoms with E-state index in [0.29, 0.717) is 5.56 Å². The molecule has 212 valence electrons. The summed E-state index contributed by atoms with van der Waals surface area (Å²) >= 11 is 0. The summed E-state index contributed by atoms with van der Waals surface area (Å²) in [6.45, 7) is 9.17. The van der Waals surface area contributed by atoms with Crippen LogP contribution >= 0.6 is 0 Å². The van der Waals surface area contributed by atoms with E-state index in [4.69, 9.17) is 4.74 Å². The van der Waals surface area contributed by atoms with Crippen molar-refractivity contribution >= 4 is 17.9 Å². The third kappa shape index (κ3) is 8.86. The van der Waals surface area contributed by atoms with Crippen molar-refractivity contribution < 1.29 is 24.2 Å². The summed E-state index contributed by atoms with van der Waals surface area (Å²) in [7, 11) is 0. The van der Waals surface area contributed by atoms with Crippen LogP contribution in [-0.2, 0) is 27.3 Å². The van der Waals surface area contributed by atoms with Crippen LogP contribution in [0.3, 0.4) is 0 Å². The van der Waals surface area contributed by atoms with Gasteiger partial charge in [0.15, 0.2) is 0 Å². The molecule has 3 amide bonds. The Morgan fingerprint density at radius 1 is 0.850 bits per heavy atom. The molecular formula is C32H39N3O5. The zero-order valence-electron chi connectivity index (χ0n) is 23.8. The second-order valence-corrected chi connectivity index (χ2v) is 10.9. The standard InChI is InChI=1S/C32H39N3O5/c1-22(2)35(30(38)27(20-23-12-8-6-9-13-23)34-31(39)40-32(3,4)5)28(25-16-18-26(36)19-17-25)29(37)33-21-24-14-10-7-11-15-24/h6-19,22,27-28,36H,20-21H2,1-5H3,(H,33,37)(H,34,39). The van der Waals surface area contributed by atoms with Crippen molar-refractivity contribution in [3.05, 3.63) is 102 Å². The molecule has 0 saturated heterocycles. The third-order valence-corrected chi connectivity index (χ3v) is 6.13. The molecule has 2 unspecified atom stereocenters. The molecule has 3 N–H and O–H groups in total. The summed E-state index contributed by atoms with van der Waals surface area (Å²) < 4.78 is 5.46. The monoisotopic (exact) mass is 545 g/mol. The van der Waals surface area contributed by atoms with Crippen LogP contribution in [0.2, 0.25) is 0 Å². The number of carbonyl (C=O) groups excluding carboxylic acids is 3. The number of aromatic hydroxyl groups is 1. The van der Waals surface area contributed by atoms with Crippen molar-refractivity contribution in [1.29, 1.82) is 0 Å². The first-order valence-electron chi connectivity index (χ1n) is 13.4. The van der Waals surface area contributed by atoms with Crippen molar-refractivity contribution in [1.82, 2.24) is 15.5 Å². The molecule has 0 spiro atoms. The lowest BCUT2D eigenvalue weighted by atomic mass is 9.98. The van der Waals surface area contributed by atoms with E-state index in [1.165, 1.54) is 17.0 Å². The predicted octanol–water partition coefficient (Wildman–Crippen LogP) is 5.12. The van der Waals surface area contributed by atoms with Gasteiger partial charge < -0.3 is 25.4 Å². The fourth-order valence-electron chi connectivity index (χ4n) is 4.34. The number of ether oxygens (including phenoxy) is 1. The van der Waals surface area contributed by atoms with E-state index < -0.39 is 35.7 Å². The summed E-state index contributed by atoms with van der Waals surface area (Å²) in [6, 6.07) is 22.6. The van der Waals surface area contributed by atoms with Crippen LogP contribution in [0.4, 0.5) is 4.79 Å². The maximum atomic E-state index is 14.3. The smallest absolute Gasteiger partial charge is 0.408 e. The van der Waals surface area contributed by atoms with Crippen LogP contribution in [-0.4, -0.2) is 45.6 Å². The number of phenolic OH excluding ortho intramolecular Hbond substituents is 1. The van der Waals surface area contributed by atoms with E-state index in [0.717, 1.165) is 11.1 Å². The Morgan fingerprint density at radius 3 is 1.93 bits per heavy atom. The molecule has 0 saturated carbocycles. The molecule has 8 heteroatoms. The summed E-state index contributed by atoms with van der Waals surface area (Å²) in [4.78, 5) is 42.3. The second-order valence-electron chi connectivity index (χ2n) is 10.9. The topological polar surface area (TPSA) is 108 Å². The highest BCUT2D eigenvalue weighted by Crippen LogP contribution is 2.27. The van der Waals surface area contributed by atoms with Gasteiger partial charge in [0.25, 0.3) is 0 Å². The fourth-order valence-corrected chi connectivity index (χ4v) is 4.34. The Balaban J connectivity index is 1.98. The summed E-state index contributed by atoms with van der Waals surface area (Å²) in [6.07, 6.45) is -0.518. The molecule has 0 aromatic heterocycles.